The largest absolute Gasteiger partial charge is 0.465 e. The van der Waals surface area contributed by atoms with Crippen LogP contribution in [0.2, 0.25) is 0 Å². The van der Waals surface area contributed by atoms with Crippen molar-refractivity contribution in [2.24, 2.45) is 0 Å². The molecule has 0 aromatic heterocycles. The number of β-amino-alcohol motifs (C(OH)–C–C–N with tert-alkyl or cyclic N) is 1. The van der Waals surface area contributed by atoms with Gasteiger partial charge in [-0.05, 0) is 12.8 Å². The molecule has 6 nitrogen and oxygen atoms in total. The van der Waals surface area contributed by atoms with Crippen LogP contribution in [0.5, 0.6) is 0 Å². The number of amides is 1. The molecule has 0 bridgehead atoms. The molecule has 0 aromatic rings. The van der Waals surface area contributed by atoms with E-state index in [0.29, 0.717) is 39.0 Å². The fourth-order valence-electron chi connectivity index (χ4n) is 2.20. The molecule has 1 atom stereocenters. The first kappa shape index (κ1) is 10.7. The van der Waals surface area contributed by atoms with Crippen molar-refractivity contribution in [2.75, 3.05) is 26.2 Å². The van der Waals surface area contributed by atoms with Gasteiger partial charge in [-0.15, -0.1) is 0 Å². The molecule has 3 N–H and O–H groups in total. The maximum absolute atomic E-state index is 10.7. The van der Waals surface area contributed by atoms with E-state index in [1.165, 1.54) is 4.90 Å². The van der Waals surface area contributed by atoms with Crippen molar-refractivity contribution in [3.8, 4) is 0 Å². The highest BCUT2D eigenvalue weighted by molar-refractivity contribution is 5.65. The molecular formula is C9H16N2O4. The lowest BCUT2D eigenvalue weighted by Gasteiger charge is -2.44. The number of morpholine rings is 1. The number of carboxylic acid groups (broad SMARTS) is 1. The number of nitrogens with one attached hydrogen (secondary N) is 1. The molecule has 1 spiro atoms. The monoisotopic (exact) mass is 216 g/mol. The van der Waals surface area contributed by atoms with Gasteiger partial charge in [0.2, 0.25) is 0 Å². The second-order valence-corrected chi connectivity index (χ2v) is 4.16. The smallest absolute Gasteiger partial charge is 0.407 e. The maximum atomic E-state index is 10.7. The standard InChI is InChI=1S/C9H16N2O4/c12-7-5-10-6-9(15-7)1-3-11(4-2-9)8(13)14/h7,10,12H,1-6H2,(H,13,14). The first-order valence-corrected chi connectivity index (χ1v) is 5.16. The van der Waals surface area contributed by atoms with Crippen LogP contribution in [-0.2, 0) is 4.74 Å². The summed E-state index contributed by atoms with van der Waals surface area (Å²) in [5, 5.41) is 21.3. The van der Waals surface area contributed by atoms with Gasteiger partial charge in [-0.1, -0.05) is 0 Å². The molecule has 2 aliphatic heterocycles. The number of nitrogens with zero attached hydrogens (tertiary/aromatic N) is 1. The summed E-state index contributed by atoms with van der Waals surface area (Å²) in [6, 6.07) is 0. The van der Waals surface area contributed by atoms with Gasteiger partial charge in [0.25, 0.3) is 0 Å². The molecular weight excluding hydrogens is 200 g/mol. The summed E-state index contributed by atoms with van der Waals surface area (Å²) >= 11 is 0. The maximum Gasteiger partial charge on any atom is 0.407 e. The molecule has 1 amide bonds. The predicted molar refractivity (Wildman–Crippen MR) is 51.5 cm³/mol. The number of rotatable bonds is 0. The Morgan fingerprint density at radius 2 is 2.13 bits per heavy atom. The van der Waals surface area contributed by atoms with Crippen LogP contribution in [0.25, 0.3) is 0 Å². The lowest BCUT2D eigenvalue weighted by Crippen LogP contribution is -2.58. The van der Waals surface area contributed by atoms with E-state index < -0.39 is 12.4 Å². The van der Waals surface area contributed by atoms with E-state index in [9.17, 15) is 9.90 Å². The highest BCUT2D eigenvalue weighted by atomic mass is 16.6. The Bertz CT molecular complexity index is 250. The molecule has 15 heavy (non-hydrogen) atoms. The van der Waals surface area contributed by atoms with Crippen molar-refractivity contribution in [3.63, 3.8) is 0 Å². The van der Waals surface area contributed by atoms with Gasteiger partial charge in [0.05, 0.1) is 5.60 Å². The van der Waals surface area contributed by atoms with Gasteiger partial charge in [0.15, 0.2) is 6.29 Å². The minimum atomic E-state index is -0.880. The number of ether oxygens (including phenoxy) is 1. The first-order chi connectivity index (χ1) is 7.11. The molecule has 0 radical (unpaired) electrons. The summed E-state index contributed by atoms with van der Waals surface area (Å²) in [6.45, 7) is 2.09. The van der Waals surface area contributed by atoms with Gasteiger partial charge >= 0.3 is 6.09 Å². The number of likely N-dealkylation sites (tertiary alicyclic amines) is 1. The summed E-state index contributed by atoms with van der Waals surface area (Å²) in [7, 11) is 0. The zero-order valence-electron chi connectivity index (χ0n) is 8.48. The molecule has 1 unspecified atom stereocenters. The second kappa shape index (κ2) is 3.96. The lowest BCUT2D eigenvalue weighted by molar-refractivity contribution is -0.215. The van der Waals surface area contributed by atoms with E-state index in [0.717, 1.165) is 0 Å². The number of hydrogen-bond acceptors (Lipinski definition) is 4. The summed E-state index contributed by atoms with van der Waals surface area (Å²) in [5.41, 5.74) is -0.371. The van der Waals surface area contributed by atoms with Gasteiger partial charge in [0, 0.05) is 26.2 Å². The summed E-state index contributed by atoms with van der Waals surface area (Å²) in [4.78, 5) is 12.1. The van der Waals surface area contributed by atoms with E-state index >= 15 is 0 Å². The van der Waals surface area contributed by atoms with E-state index in [2.05, 4.69) is 5.32 Å². The molecule has 2 fully saturated rings. The van der Waals surface area contributed by atoms with Crippen LogP contribution in [0, 0.1) is 0 Å². The zero-order valence-corrected chi connectivity index (χ0v) is 8.48. The average Bonchev–Trinajstić information content (AvgIpc) is 2.18. The van der Waals surface area contributed by atoms with E-state index in [4.69, 9.17) is 9.84 Å². The summed E-state index contributed by atoms with van der Waals surface area (Å²) in [6.07, 6.45) is -0.364. The Labute approximate surface area is 87.8 Å². The molecule has 2 aliphatic rings. The Balaban J connectivity index is 1.93. The van der Waals surface area contributed by atoms with Crippen LogP contribution in [0.3, 0.4) is 0 Å². The van der Waals surface area contributed by atoms with Crippen molar-refractivity contribution in [1.29, 1.82) is 0 Å². The van der Waals surface area contributed by atoms with Crippen molar-refractivity contribution in [1.82, 2.24) is 10.2 Å². The van der Waals surface area contributed by atoms with Gasteiger partial charge in [-0.25, -0.2) is 4.79 Å². The SMILES string of the molecule is O=C(O)N1CCC2(CC1)CNCC(O)O2. The Hall–Kier alpha value is -0.850. The lowest BCUT2D eigenvalue weighted by atomic mass is 9.90. The fraction of sp³-hybridized carbons (Fsp3) is 0.889. The van der Waals surface area contributed by atoms with Crippen LogP contribution >= 0.6 is 0 Å². The van der Waals surface area contributed by atoms with E-state index in [1.807, 2.05) is 0 Å². The van der Waals surface area contributed by atoms with E-state index in [1.54, 1.807) is 0 Å². The van der Waals surface area contributed by atoms with Crippen LogP contribution in [0.1, 0.15) is 12.8 Å². The number of aliphatic hydroxyl groups excluding tert-OH is 1. The highest BCUT2D eigenvalue weighted by Gasteiger charge is 2.40. The predicted octanol–water partition coefficient (Wildman–Crippen LogP) is -0.563. The number of carbonyl (C=O) groups is 1. The Morgan fingerprint density at radius 3 is 2.67 bits per heavy atom. The summed E-state index contributed by atoms with van der Waals surface area (Å²) < 4.78 is 5.52. The zero-order chi connectivity index (χ0) is 10.9. The van der Waals surface area contributed by atoms with Crippen LogP contribution < -0.4 is 5.32 Å². The van der Waals surface area contributed by atoms with Gasteiger partial charge in [-0.2, -0.15) is 0 Å². The minimum absolute atomic E-state index is 0.371. The molecule has 2 saturated heterocycles. The van der Waals surface area contributed by atoms with Crippen molar-refractivity contribution < 1.29 is 19.7 Å². The third kappa shape index (κ3) is 2.22. The second-order valence-electron chi connectivity index (χ2n) is 4.16. The first-order valence-electron chi connectivity index (χ1n) is 5.16. The van der Waals surface area contributed by atoms with Crippen molar-refractivity contribution in [2.45, 2.75) is 24.7 Å². The van der Waals surface area contributed by atoms with Crippen molar-refractivity contribution in [3.05, 3.63) is 0 Å². The minimum Gasteiger partial charge on any atom is -0.465 e. The van der Waals surface area contributed by atoms with Gasteiger partial charge in [-0.3, -0.25) is 0 Å². The molecule has 6 heteroatoms. The number of hydrogen-bond donors (Lipinski definition) is 3. The molecule has 0 aromatic carbocycles. The highest BCUT2D eigenvalue weighted by Crippen LogP contribution is 2.28. The topological polar surface area (TPSA) is 82.0 Å². The van der Waals surface area contributed by atoms with Crippen LogP contribution in [0.15, 0.2) is 0 Å². The summed E-state index contributed by atoms with van der Waals surface area (Å²) in [5.74, 6) is 0. The van der Waals surface area contributed by atoms with Crippen LogP contribution in [-0.4, -0.2) is 59.3 Å². The molecule has 86 valence electrons. The third-order valence-electron chi connectivity index (χ3n) is 3.10. The molecule has 0 saturated carbocycles. The Kier molecular flexibility index (Phi) is 2.81. The Morgan fingerprint density at radius 1 is 1.47 bits per heavy atom. The molecule has 2 heterocycles. The van der Waals surface area contributed by atoms with Gasteiger partial charge < -0.3 is 25.2 Å². The number of piperidine rings is 1. The van der Waals surface area contributed by atoms with Crippen LogP contribution in [0.4, 0.5) is 4.79 Å². The normalized spacial score (nSPS) is 30.5. The van der Waals surface area contributed by atoms with Gasteiger partial charge in [0.1, 0.15) is 0 Å². The molecule has 2 rings (SSSR count). The third-order valence-corrected chi connectivity index (χ3v) is 3.10. The quantitative estimate of drug-likeness (QED) is 0.505. The number of aliphatic hydroxyl groups is 1. The molecule has 0 aliphatic carbocycles. The fourth-order valence-corrected chi connectivity index (χ4v) is 2.20. The van der Waals surface area contributed by atoms with E-state index in [-0.39, 0.29) is 5.60 Å². The average molecular weight is 216 g/mol. The van der Waals surface area contributed by atoms with Crippen molar-refractivity contribution >= 4 is 6.09 Å².